The predicted octanol–water partition coefficient (Wildman–Crippen LogP) is 4.99. The molecule has 32 heavy (non-hydrogen) atoms. The highest BCUT2D eigenvalue weighted by Gasteiger charge is 2.20. The van der Waals surface area contributed by atoms with Crippen molar-refractivity contribution in [2.75, 3.05) is 11.1 Å². The number of carbonyl (C=O) groups excluding carboxylic acids is 1. The second-order valence-corrected chi connectivity index (χ2v) is 10.6. The minimum absolute atomic E-state index is 0.0382. The lowest BCUT2D eigenvalue weighted by molar-refractivity contribution is -0.113. The molecule has 0 bridgehead atoms. The van der Waals surface area contributed by atoms with Crippen molar-refractivity contribution in [2.24, 2.45) is 0 Å². The van der Waals surface area contributed by atoms with Gasteiger partial charge in [-0.1, -0.05) is 24.3 Å². The van der Waals surface area contributed by atoms with E-state index in [1.807, 2.05) is 6.07 Å². The summed E-state index contributed by atoms with van der Waals surface area (Å²) in [6.07, 6.45) is 6.51. The number of benzene rings is 2. The smallest absolute Gasteiger partial charge is 0.259 e. The van der Waals surface area contributed by atoms with Crippen LogP contribution in [0.5, 0.6) is 0 Å². The molecular formula is C25H23N3O2S2. The molecular weight excluding hydrogens is 438 g/mol. The third-order valence-corrected chi connectivity index (χ3v) is 8.63. The van der Waals surface area contributed by atoms with Crippen LogP contribution >= 0.6 is 23.1 Å². The van der Waals surface area contributed by atoms with E-state index in [4.69, 9.17) is 4.98 Å². The van der Waals surface area contributed by atoms with Crippen LogP contribution in [0, 0.1) is 0 Å². The van der Waals surface area contributed by atoms with Gasteiger partial charge in [-0.2, -0.15) is 0 Å². The Morgan fingerprint density at radius 1 is 1.06 bits per heavy atom. The summed E-state index contributed by atoms with van der Waals surface area (Å²) < 4.78 is 0. The molecule has 2 aliphatic carbocycles. The molecule has 0 radical (unpaired) electrons. The summed E-state index contributed by atoms with van der Waals surface area (Å²) in [5.74, 6) is 1.42. The lowest BCUT2D eigenvalue weighted by Crippen LogP contribution is -2.16. The summed E-state index contributed by atoms with van der Waals surface area (Å²) in [5, 5.41) is 6.28. The van der Waals surface area contributed by atoms with E-state index in [1.54, 1.807) is 11.3 Å². The summed E-state index contributed by atoms with van der Waals surface area (Å²) in [7, 11) is 0. The third-order valence-electron chi connectivity index (χ3n) is 6.50. The van der Waals surface area contributed by atoms with Crippen molar-refractivity contribution in [3.8, 4) is 0 Å². The Bertz CT molecular complexity index is 1430. The van der Waals surface area contributed by atoms with Crippen molar-refractivity contribution in [1.82, 2.24) is 9.97 Å². The van der Waals surface area contributed by atoms with E-state index in [0.717, 1.165) is 53.4 Å². The van der Waals surface area contributed by atoms with E-state index in [2.05, 4.69) is 34.6 Å². The standard InChI is InChI=1S/C25H23N3O2S2/c29-21(26-18-11-10-15-9-8-14-4-3-6-16(18)22(14)15)13-31-12-20-27-24(30)23-17-5-1-2-7-19(17)32-25(23)28-20/h3-4,6,10-11H,1-2,5,7-9,12-13H2,(H,26,29)(H,27,28,30). The number of fused-ring (bicyclic) bond motifs is 3. The SMILES string of the molecule is O=C(CSCc1nc2sc3c(c2c(=O)[nH]1)CCCC3)Nc1ccc2c3c(cccc13)CC2. The van der Waals surface area contributed by atoms with Gasteiger partial charge in [0, 0.05) is 16.0 Å². The Hall–Kier alpha value is -2.64. The van der Waals surface area contributed by atoms with Crippen LogP contribution in [0.2, 0.25) is 0 Å². The van der Waals surface area contributed by atoms with Gasteiger partial charge < -0.3 is 10.3 Å². The van der Waals surface area contributed by atoms with Crippen molar-refractivity contribution in [3.63, 3.8) is 0 Å². The van der Waals surface area contributed by atoms with E-state index >= 15 is 0 Å². The fraction of sp³-hybridized carbons (Fsp3) is 0.320. The number of thioether (sulfide) groups is 1. The molecule has 0 spiro atoms. The zero-order valence-corrected chi connectivity index (χ0v) is 19.3. The van der Waals surface area contributed by atoms with Crippen LogP contribution in [0.4, 0.5) is 5.69 Å². The van der Waals surface area contributed by atoms with E-state index in [1.165, 1.54) is 45.1 Å². The highest BCUT2D eigenvalue weighted by atomic mass is 32.2. The van der Waals surface area contributed by atoms with Gasteiger partial charge in [0.05, 0.1) is 16.9 Å². The minimum atomic E-state index is -0.0395. The number of thiophene rings is 1. The number of nitrogens with one attached hydrogen (secondary N) is 2. The maximum Gasteiger partial charge on any atom is 0.259 e. The normalized spacial score (nSPS) is 14.8. The van der Waals surface area contributed by atoms with E-state index < -0.39 is 0 Å². The topological polar surface area (TPSA) is 74.8 Å². The van der Waals surface area contributed by atoms with Crippen molar-refractivity contribution in [3.05, 3.63) is 68.1 Å². The van der Waals surface area contributed by atoms with Crippen molar-refractivity contribution in [1.29, 1.82) is 0 Å². The molecule has 0 aliphatic heterocycles. The molecule has 6 rings (SSSR count). The summed E-state index contributed by atoms with van der Waals surface area (Å²) >= 11 is 3.13. The van der Waals surface area contributed by atoms with Gasteiger partial charge in [-0.05, 0) is 66.7 Å². The molecule has 7 heteroatoms. The van der Waals surface area contributed by atoms with Crippen LogP contribution < -0.4 is 10.9 Å². The fourth-order valence-electron chi connectivity index (χ4n) is 5.06. The number of nitrogens with zero attached hydrogens (tertiary/aromatic N) is 1. The summed E-state index contributed by atoms with van der Waals surface area (Å²) in [6.45, 7) is 0. The maximum atomic E-state index is 12.7. The number of aromatic amines is 1. The van der Waals surface area contributed by atoms with Gasteiger partial charge in [-0.15, -0.1) is 23.1 Å². The number of hydrogen-bond donors (Lipinski definition) is 2. The van der Waals surface area contributed by atoms with Gasteiger partial charge >= 0.3 is 0 Å². The molecule has 0 fully saturated rings. The molecule has 2 aromatic carbocycles. The highest BCUT2D eigenvalue weighted by Crippen LogP contribution is 2.35. The van der Waals surface area contributed by atoms with Crippen LogP contribution in [0.25, 0.3) is 21.0 Å². The first-order valence-electron chi connectivity index (χ1n) is 11.1. The molecule has 5 nitrogen and oxygen atoms in total. The third kappa shape index (κ3) is 3.44. The second-order valence-electron chi connectivity index (χ2n) is 8.56. The van der Waals surface area contributed by atoms with Gasteiger partial charge in [0.1, 0.15) is 10.7 Å². The van der Waals surface area contributed by atoms with Gasteiger partial charge in [-0.3, -0.25) is 9.59 Å². The monoisotopic (exact) mass is 461 g/mol. The van der Waals surface area contributed by atoms with Gasteiger partial charge in [-0.25, -0.2) is 4.98 Å². The number of hydrogen-bond acceptors (Lipinski definition) is 5. The maximum absolute atomic E-state index is 12.7. The van der Waals surface area contributed by atoms with Gasteiger partial charge in [0.15, 0.2) is 0 Å². The first-order chi connectivity index (χ1) is 15.7. The zero-order valence-electron chi connectivity index (χ0n) is 17.6. The molecule has 1 amide bonds. The van der Waals surface area contributed by atoms with Crippen LogP contribution in [0.1, 0.15) is 40.2 Å². The first-order valence-corrected chi connectivity index (χ1v) is 13.1. The molecule has 4 aromatic rings. The highest BCUT2D eigenvalue weighted by molar-refractivity contribution is 7.99. The van der Waals surface area contributed by atoms with Crippen LogP contribution in [-0.2, 0) is 36.2 Å². The number of H-pyrrole nitrogens is 1. The molecule has 2 N–H and O–H groups in total. The number of aryl methyl sites for hydroxylation is 4. The van der Waals surface area contributed by atoms with E-state index in [9.17, 15) is 9.59 Å². The predicted molar refractivity (Wildman–Crippen MR) is 133 cm³/mol. The summed E-state index contributed by atoms with van der Waals surface area (Å²) in [6, 6.07) is 10.5. The molecule has 0 unspecified atom stereocenters. The average molecular weight is 462 g/mol. The molecule has 162 valence electrons. The Kier molecular flexibility index (Phi) is 5.03. The van der Waals surface area contributed by atoms with Crippen LogP contribution in [-0.4, -0.2) is 21.6 Å². The fourth-order valence-corrected chi connectivity index (χ4v) is 7.03. The van der Waals surface area contributed by atoms with Crippen LogP contribution in [0.15, 0.2) is 35.1 Å². The zero-order chi connectivity index (χ0) is 21.7. The van der Waals surface area contributed by atoms with Gasteiger partial charge in [0.25, 0.3) is 5.56 Å². The summed E-state index contributed by atoms with van der Waals surface area (Å²) in [5.41, 5.74) is 4.76. The Morgan fingerprint density at radius 3 is 2.81 bits per heavy atom. The Balaban J connectivity index is 1.15. The lowest BCUT2D eigenvalue weighted by Gasteiger charge is -2.10. The second kappa shape index (κ2) is 8.05. The van der Waals surface area contributed by atoms with E-state index in [0.29, 0.717) is 17.3 Å². The number of amides is 1. The lowest BCUT2D eigenvalue weighted by atomic mass is 9.97. The quantitative estimate of drug-likeness (QED) is 0.439. The molecule has 2 aliphatic rings. The molecule has 2 heterocycles. The minimum Gasteiger partial charge on any atom is -0.325 e. The van der Waals surface area contributed by atoms with Crippen molar-refractivity contribution < 1.29 is 4.79 Å². The number of carbonyl (C=O) groups is 1. The number of rotatable bonds is 5. The Labute approximate surface area is 193 Å². The number of anilines is 1. The number of aromatic nitrogens is 2. The largest absolute Gasteiger partial charge is 0.325 e. The van der Waals surface area contributed by atoms with Crippen LogP contribution in [0.3, 0.4) is 0 Å². The summed E-state index contributed by atoms with van der Waals surface area (Å²) in [4.78, 5) is 35.1. The average Bonchev–Trinajstić information content (AvgIpc) is 3.38. The van der Waals surface area contributed by atoms with Crippen molar-refractivity contribution in [2.45, 2.75) is 44.3 Å². The van der Waals surface area contributed by atoms with Gasteiger partial charge in [0.2, 0.25) is 5.91 Å². The van der Waals surface area contributed by atoms with Crippen molar-refractivity contribution >= 4 is 55.7 Å². The molecule has 0 saturated heterocycles. The molecule has 0 saturated carbocycles. The van der Waals surface area contributed by atoms with E-state index in [-0.39, 0.29) is 11.5 Å². The Morgan fingerprint density at radius 2 is 1.91 bits per heavy atom. The molecule has 2 aromatic heterocycles. The molecule has 0 atom stereocenters. The first kappa shape index (κ1) is 20.0.